The van der Waals surface area contributed by atoms with Crippen LogP contribution in [0.15, 0.2) is 67.0 Å². The molecule has 0 saturated carbocycles. The highest BCUT2D eigenvalue weighted by molar-refractivity contribution is 5.92. The molecular formula is C23H18F3N4O2+. The molecule has 162 valence electrons. The molecular weight excluding hydrogens is 421 g/mol. The molecule has 4 aromatic rings. The van der Waals surface area contributed by atoms with Crippen molar-refractivity contribution in [2.45, 2.75) is 13.3 Å². The van der Waals surface area contributed by atoms with Gasteiger partial charge < -0.3 is 9.47 Å². The molecule has 0 spiro atoms. The molecule has 32 heavy (non-hydrogen) atoms. The van der Waals surface area contributed by atoms with Gasteiger partial charge in [0.15, 0.2) is 0 Å². The molecule has 0 atom stereocenters. The Morgan fingerprint density at radius 1 is 1.00 bits per heavy atom. The Labute approximate surface area is 181 Å². The van der Waals surface area contributed by atoms with E-state index in [0.717, 1.165) is 0 Å². The van der Waals surface area contributed by atoms with E-state index >= 15 is 0 Å². The number of pyridine rings is 1. The minimum Gasteiger partial charge on any atom is -0.494 e. The number of rotatable bonds is 6. The first-order valence-electron chi connectivity index (χ1n) is 9.65. The number of hydrogen-bond donors (Lipinski definition) is 0. The lowest BCUT2D eigenvalue weighted by Crippen LogP contribution is -2.17. The van der Waals surface area contributed by atoms with Crippen molar-refractivity contribution in [1.29, 1.82) is 0 Å². The monoisotopic (exact) mass is 439 g/mol. The summed E-state index contributed by atoms with van der Waals surface area (Å²) in [6, 6.07) is 14.5. The van der Waals surface area contributed by atoms with Crippen LogP contribution in [0.4, 0.5) is 24.7 Å². The normalized spacial score (nSPS) is 11.4. The third-order valence-electron chi connectivity index (χ3n) is 4.50. The zero-order chi connectivity index (χ0) is 22.7. The summed E-state index contributed by atoms with van der Waals surface area (Å²) in [5.74, 6) is 1.05. The molecule has 6 nitrogen and oxygen atoms in total. The lowest BCUT2D eigenvalue weighted by molar-refractivity contribution is -0.274. The number of alkyl halides is 3. The Balaban J connectivity index is 1.86. The molecule has 0 bridgehead atoms. The van der Waals surface area contributed by atoms with Crippen molar-refractivity contribution < 1.29 is 22.6 Å². The molecule has 0 N–H and O–H groups in total. The van der Waals surface area contributed by atoms with Gasteiger partial charge in [0, 0.05) is 18.5 Å². The van der Waals surface area contributed by atoms with E-state index in [-0.39, 0.29) is 5.75 Å². The molecule has 2 heterocycles. The quantitative estimate of drug-likeness (QED) is 0.292. The summed E-state index contributed by atoms with van der Waals surface area (Å²) in [6.45, 7) is 6.37. The van der Waals surface area contributed by atoms with Crippen LogP contribution in [0.25, 0.3) is 22.3 Å². The Morgan fingerprint density at radius 2 is 1.84 bits per heavy atom. The number of halogens is 3. The molecule has 2 aromatic heterocycles. The van der Waals surface area contributed by atoms with Gasteiger partial charge in [-0.3, -0.25) is 4.98 Å². The Morgan fingerprint density at radius 3 is 2.56 bits per heavy atom. The highest BCUT2D eigenvalue weighted by Gasteiger charge is 2.31. The van der Waals surface area contributed by atoms with Crippen molar-refractivity contribution in [3.63, 3.8) is 0 Å². The highest BCUT2D eigenvalue weighted by atomic mass is 19.4. The molecule has 2 aromatic carbocycles. The van der Waals surface area contributed by atoms with Crippen LogP contribution in [0.5, 0.6) is 11.5 Å². The van der Waals surface area contributed by atoms with Crippen LogP contribution in [-0.2, 0) is 0 Å². The van der Waals surface area contributed by atoms with Gasteiger partial charge >= 0.3 is 12.2 Å². The zero-order valence-corrected chi connectivity index (χ0v) is 17.0. The predicted octanol–water partition coefficient (Wildman–Crippen LogP) is 5.52. The molecule has 0 unspecified atom stereocenters. The standard InChI is InChI=1S/C23H18F3N4O2/c1-3-31-17-9-10-20-19(13-17)22(29-21(28-20)15-6-5-11-27-14-15)30(2)16-7-4-8-18(12-16)32-23(24,25)26/h4-14H,2-3H2,1H3/q+1. The van der Waals surface area contributed by atoms with Crippen LogP contribution in [0.3, 0.4) is 0 Å². The van der Waals surface area contributed by atoms with Gasteiger partial charge in [0.05, 0.1) is 29.8 Å². The fourth-order valence-electron chi connectivity index (χ4n) is 3.15. The molecule has 4 rings (SSSR count). The SMILES string of the molecule is C=[N+](c1cccc(OC(F)(F)F)c1)c1nc(-c2cccnc2)nc2ccc(OCC)cc12. The first-order valence-corrected chi connectivity index (χ1v) is 9.65. The van der Waals surface area contributed by atoms with Crippen molar-refractivity contribution in [1.82, 2.24) is 19.5 Å². The van der Waals surface area contributed by atoms with Crippen LogP contribution in [0.1, 0.15) is 6.92 Å². The summed E-state index contributed by atoms with van der Waals surface area (Å²) in [5.41, 5.74) is 1.66. The van der Waals surface area contributed by atoms with Crippen LogP contribution in [0.2, 0.25) is 0 Å². The highest BCUT2D eigenvalue weighted by Crippen LogP contribution is 2.33. The molecule has 0 aliphatic heterocycles. The second kappa shape index (κ2) is 8.62. The topological polar surface area (TPSA) is 60.1 Å². The van der Waals surface area contributed by atoms with E-state index in [4.69, 9.17) is 4.74 Å². The van der Waals surface area contributed by atoms with Crippen molar-refractivity contribution in [2.24, 2.45) is 0 Å². The summed E-state index contributed by atoms with van der Waals surface area (Å²) < 4.78 is 49.1. The summed E-state index contributed by atoms with van der Waals surface area (Å²) in [6.07, 6.45) is -1.53. The smallest absolute Gasteiger partial charge is 0.494 e. The molecule has 0 amide bonds. The second-order valence-electron chi connectivity index (χ2n) is 6.70. The summed E-state index contributed by atoms with van der Waals surface area (Å²) >= 11 is 0. The Kier molecular flexibility index (Phi) is 5.72. The van der Waals surface area contributed by atoms with Gasteiger partial charge in [-0.25, -0.2) is 9.56 Å². The van der Waals surface area contributed by atoms with E-state index in [9.17, 15) is 13.2 Å². The first kappa shape index (κ1) is 21.2. The van der Waals surface area contributed by atoms with Crippen LogP contribution >= 0.6 is 0 Å². The maximum Gasteiger partial charge on any atom is 0.573 e. The van der Waals surface area contributed by atoms with Crippen LogP contribution in [-0.4, -0.2) is 34.6 Å². The van der Waals surface area contributed by atoms with Crippen molar-refractivity contribution >= 4 is 29.1 Å². The molecule has 0 aliphatic rings. The first-order chi connectivity index (χ1) is 15.3. The fraction of sp³-hybridized carbons (Fsp3) is 0.130. The number of benzene rings is 2. The number of aromatic nitrogens is 3. The second-order valence-corrected chi connectivity index (χ2v) is 6.70. The summed E-state index contributed by atoms with van der Waals surface area (Å²) in [4.78, 5) is 13.4. The van der Waals surface area contributed by atoms with E-state index < -0.39 is 6.36 Å². The van der Waals surface area contributed by atoms with E-state index in [1.165, 1.54) is 22.8 Å². The van der Waals surface area contributed by atoms with Gasteiger partial charge in [-0.1, -0.05) is 6.07 Å². The van der Waals surface area contributed by atoms with Gasteiger partial charge in [0.2, 0.25) is 0 Å². The molecule has 9 heteroatoms. The summed E-state index contributed by atoms with van der Waals surface area (Å²) in [7, 11) is 0. The zero-order valence-electron chi connectivity index (χ0n) is 17.0. The van der Waals surface area contributed by atoms with Crippen molar-refractivity contribution in [3.05, 3.63) is 67.0 Å². The van der Waals surface area contributed by atoms with Crippen molar-refractivity contribution in [3.8, 4) is 22.9 Å². The van der Waals surface area contributed by atoms with E-state index in [1.807, 2.05) is 13.0 Å². The van der Waals surface area contributed by atoms with Crippen LogP contribution < -0.4 is 14.0 Å². The van der Waals surface area contributed by atoms with E-state index in [2.05, 4.69) is 26.4 Å². The van der Waals surface area contributed by atoms with Gasteiger partial charge in [0.1, 0.15) is 17.2 Å². The fourth-order valence-corrected chi connectivity index (χ4v) is 3.15. The largest absolute Gasteiger partial charge is 0.573 e. The van der Waals surface area contributed by atoms with Gasteiger partial charge in [-0.2, -0.15) is 0 Å². The minimum absolute atomic E-state index is 0.352. The van der Waals surface area contributed by atoms with Gasteiger partial charge in [-0.15, -0.1) is 13.2 Å². The average Bonchev–Trinajstić information content (AvgIpc) is 2.78. The number of hydrogen-bond acceptors (Lipinski definition) is 5. The maximum absolute atomic E-state index is 12.7. The predicted molar refractivity (Wildman–Crippen MR) is 116 cm³/mol. The Bertz CT molecular complexity index is 1280. The van der Waals surface area contributed by atoms with Gasteiger partial charge in [-0.05, 0) is 54.4 Å². The Hall–Kier alpha value is -4.01. The lowest BCUT2D eigenvalue weighted by atomic mass is 10.2. The van der Waals surface area contributed by atoms with Crippen LogP contribution in [0, 0.1) is 0 Å². The molecule has 0 radical (unpaired) electrons. The third-order valence-corrected chi connectivity index (χ3v) is 4.50. The molecule has 0 fully saturated rings. The number of fused-ring (bicyclic) bond motifs is 1. The third kappa shape index (κ3) is 4.66. The van der Waals surface area contributed by atoms with E-state index in [0.29, 0.717) is 46.2 Å². The molecule has 0 aliphatic carbocycles. The number of ether oxygens (including phenoxy) is 2. The number of nitrogens with zero attached hydrogens (tertiary/aromatic N) is 4. The van der Waals surface area contributed by atoms with E-state index in [1.54, 1.807) is 42.7 Å². The van der Waals surface area contributed by atoms with Crippen molar-refractivity contribution in [2.75, 3.05) is 6.61 Å². The van der Waals surface area contributed by atoms with Gasteiger partial charge in [0.25, 0.3) is 5.82 Å². The minimum atomic E-state index is -4.80. The lowest BCUT2D eigenvalue weighted by Gasteiger charge is -2.11. The average molecular weight is 439 g/mol. The maximum atomic E-state index is 12.7. The summed E-state index contributed by atoms with van der Waals surface area (Å²) in [5, 5.41) is 0.626. The molecule has 0 saturated heterocycles.